The number of pyridine rings is 1. The van der Waals surface area contributed by atoms with Crippen LogP contribution in [-0.4, -0.2) is 83.7 Å². The third-order valence-corrected chi connectivity index (χ3v) is 9.86. The summed E-state index contributed by atoms with van der Waals surface area (Å²) in [6.45, 7) is -1.27. The largest absolute Gasteiger partial charge is 0.461 e. The maximum absolute atomic E-state index is 16.9. The second kappa shape index (κ2) is 11.0. The number of nitrogen functional groups attached to an aromatic ring is 1. The Balaban J connectivity index is 1.31. The summed E-state index contributed by atoms with van der Waals surface area (Å²) in [5.41, 5.74) is 4.86. The van der Waals surface area contributed by atoms with Gasteiger partial charge in [-0.1, -0.05) is 12.0 Å². The molecular formula is C34H32F4N6O2. The molecule has 2 N–H and O–H groups in total. The monoisotopic (exact) mass is 634 g/mol. The molecule has 5 atom stereocenters. The van der Waals surface area contributed by atoms with Crippen LogP contribution >= 0.6 is 0 Å². The van der Waals surface area contributed by atoms with Crippen molar-refractivity contribution in [2.75, 3.05) is 56.7 Å². The van der Waals surface area contributed by atoms with Gasteiger partial charge in [0, 0.05) is 47.8 Å². The van der Waals surface area contributed by atoms with Gasteiger partial charge in [0.2, 0.25) is 0 Å². The van der Waals surface area contributed by atoms with Crippen molar-refractivity contribution in [3.63, 3.8) is 0 Å². The van der Waals surface area contributed by atoms with Gasteiger partial charge in [-0.25, -0.2) is 13.2 Å². The first-order valence-corrected chi connectivity index (χ1v) is 15.4. The lowest BCUT2D eigenvalue weighted by Gasteiger charge is -2.31. The standard InChI is InChI=1S/C34H32F4N6O2/c1-2-21-25(36)5-4-19-10-20(39)11-22(26(19)21)29-28(38)30-23(14-40-29)32(44-8-9-45-16-24-27(37)31(24)44)42-33(41-30)46-17-34-6-3-7-43(34)15-18(12-34)13-35/h1,4-5,10-11,14,18,24,27,31H,3,6-9,12-13,15-17,39H2/t18-,24+,27+,31+,34+/m1/s1/i17D2. The molecule has 0 amide bonds. The Kier molecular flexibility index (Phi) is 6.42. The molecule has 12 heteroatoms. The molecule has 8 nitrogen and oxygen atoms in total. The SMILES string of the molecule is [2H]C([2H])(Oc1nc(N2CCOC[C@H]3[C@H](F)[C@H]32)c2cnc(-c3cc(N)cc4ccc(F)c(C#C)c34)c(F)c2n1)[C@@]12CCCN1C[C@@H](CF)C2. The van der Waals surface area contributed by atoms with Gasteiger partial charge < -0.3 is 20.1 Å². The van der Waals surface area contributed by atoms with Crippen molar-refractivity contribution >= 4 is 33.2 Å². The number of nitrogens with two attached hydrogens (primary N) is 1. The molecule has 0 bridgehead atoms. The maximum Gasteiger partial charge on any atom is 0.319 e. The topological polar surface area (TPSA) is 89.6 Å². The molecule has 238 valence electrons. The van der Waals surface area contributed by atoms with Gasteiger partial charge in [0.25, 0.3) is 0 Å². The molecule has 3 aliphatic heterocycles. The van der Waals surface area contributed by atoms with Gasteiger partial charge in [0.05, 0.1) is 45.2 Å². The molecule has 1 aliphatic carbocycles. The number of benzene rings is 2. The summed E-state index contributed by atoms with van der Waals surface area (Å²) in [4.78, 5) is 17.0. The van der Waals surface area contributed by atoms with E-state index in [9.17, 15) is 8.78 Å². The average Bonchev–Trinajstić information content (AvgIpc) is 3.36. The van der Waals surface area contributed by atoms with E-state index in [-0.39, 0.29) is 76.7 Å². The number of terminal acetylenes is 1. The minimum atomic E-state index is -2.39. The van der Waals surface area contributed by atoms with Crippen LogP contribution in [0.25, 0.3) is 32.9 Å². The van der Waals surface area contributed by atoms with Crippen molar-refractivity contribution in [3.05, 3.63) is 47.7 Å². The van der Waals surface area contributed by atoms with E-state index in [0.717, 1.165) is 0 Å². The zero-order valence-electron chi connectivity index (χ0n) is 26.8. The Hall–Kier alpha value is -4.21. The number of alkyl halides is 2. The fourth-order valence-electron chi connectivity index (χ4n) is 7.64. The van der Waals surface area contributed by atoms with Crippen LogP contribution in [0.3, 0.4) is 0 Å². The molecule has 5 heterocycles. The van der Waals surface area contributed by atoms with Crippen LogP contribution in [0.5, 0.6) is 6.01 Å². The van der Waals surface area contributed by atoms with Gasteiger partial charge in [-0.05, 0) is 49.4 Å². The minimum Gasteiger partial charge on any atom is -0.461 e. The summed E-state index contributed by atoms with van der Waals surface area (Å²) in [5, 5.41) is 0.844. The molecule has 4 fully saturated rings. The maximum atomic E-state index is 16.9. The van der Waals surface area contributed by atoms with E-state index in [1.807, 2.05) is 4.90 Å². The van der Waals surface area contributed by atoms with Gasteiger partial charge in [0.15, 0.2) is 5.82 Å². The van der Waals surface area contributed by atoms with Gasteiger partial charge in [0.1, 0.15) is 35.6 Å². The van der Waals surface area contributed by atoms with Crippen molar-refractivity contribution in [3.8, 4) is 29.6 Å². The molecule has 2 aromatic carbocycles. The zero-order valence-corrected chi connectivity index (χ0v) is 24.8. The van der Waals surface area contributed by atoms with Crippen LogP contribution in [-0.2, 0) is 4.74 Å². The molecule has 0 radical (unpaired) electrons. The number of nitrogens with zero attached hydrogens (tertiary/aromatic N) is 5. The summed E-state index contributed by atoms with van der Waals surface area (Å²) in [7, 11) is 0. The normalized spacial score (nSPS) is 28.4. The second-order valence-electron chi connectivity index (χ2n) is 12.6. The highest BCUT2D eigenvalue weighted by molar-refractivity contribution is 6.03. The Morgan fingerprint density at radius 1 is 1.24 bits per heavy atom. The van der Waals surface area contributed by atoms with Crippen molar-refractivity contribution < 1.29 is 29.8 Å². The number of fused-ring (bicyclic) bond motifs is 4. The molecule has 0 spiro atoms. The Labute approximate surface area is 265 Å². The third kappa shape index (κ3) is 4.54. The molecule has 1 saturated carbocycles. The molecule has 4 aliphatic rings. The van der Waals surface area contributed by atoms with E-state index in [0.29, 0.717) is 31.3 Å². The molecule has 3 saturated heterocycles. The zero-order chi connectivity index (χ0) is 33.5. The highest BCUT2D eigenvalue weighted by atomic mass is 19.1. The van der Waals surface area contributed by atoms with E-state index in [4.69, 9.17) is 24.4 Å². The van der Waals surface area contributed by atoms with E-state index >= 15 is 8.78 Å². The fraction of sp³-hybridized carbons (Fsp3) is 0.441. The van der Waals surface area contributed by atoms with Crippen LogP contribution < -0.4 is 15.4 Å². The third-order valence-electron chi connectivity index (χ3n) is 9.86. The number of aromatic nitrogens is 3. The average molecular weight is 635 g/mol. The highest BCUT2D eigenvalue weighted by Crippen LogP contribution is 2.46. The first kappa shape index (κ1) is 27.0. The lowest BCUT2D eigenvalue weighted by atomic mass is 9.91. The molecular weight excluding hydrogens is 600 g/mol. The predicted molar refractivity (Wildman–Crippen MR) is 166 cm³/mol. The number of halogens is 4. The molecule has 46 heavy (non-hydrogen) atoms. The lowest BCUT2D eigenvalue weighted by molar-refractivity contribution is 0.107. The number of anilines is 2. The van der Waals surface area contributed by atoms with E-state index in [1.165, 1.54) is 24.4 Å². The smallest absolute Gasteiger partial charge is 0.319 e. The fourth-order valence-corrected chi connectivity index (χ4v) is 7.64. The van der Waals surface area contributed by atoms with Crippen LogP contribution in [0.4, 0.5) is 29.1 Å². The predicted octanol–water partition coefficient (Wildman–Crippen LogP) is 5.06. The van der Waals surface area contributed by atoms with Crippen molar-refractivity contribution in [1.29, 1.82) is 0 Å². The van der Waals surface area contributed by atoms with Crippen LogP contribution in [0, 0.1) is 35.8 Å². The van der Waals surface area contributed by atoms with Crippen LogP contribution in [0.15, 0.2) is 30.5 Å². The van der Waals surface area contributed by atoms with E-state index in [1.54, 1.807) is 11.0 Å². The summed E-state index contributed by atoms with van der Waals surface area (Å²) in [6.07, 6.45) is 7.21. The lowest BCUT2D eigenvalue weighted by Crippen LogP contribution is -2.43. The van der Waals surface area contributed by atoms with Gasteiger partial charge >= 0.3 is 6.01 Å². The van der Waals surface area contributed by atoms with Crippen molar-refractivity contribution in [2.24, 2.45) is 11.8 Å². The van der Waals surface area contributed by atoms with Crippen LogP contribution in [0.2, 0.25) is 0 Å². The molecule has 4 aromatic rings. The quantitative estimate of drug-likeness (QED) is 0.179. The first-order chi connectivity index (χ1) is 23.1. The molecule has 0 unspecified atom stereocenters. The number of ether oxygens (including phenoxy) is 2. The van der Waals surface area contributed by atoms with Gasteiger partial charge in [-0.2, -0.15) is 9.97 Å². The van der Waals surface area contributed by atoms with Gasteiger partial charge in [-0.15, -0.1) is 6.42 Å². The number of hydrogen-bond acceptors (Lipinski definition) is 8. The summed E-state index contributed by atoms with van der Waals surface area (Å²) < 4.78 is 90.5. The van der Waals surface area contributed by atoms with Gasteiger partial charge in [-0.3, -0.25) is 14.3 Å². The Morgan fingerprint density at radius 2 is 2.11 bits per heavy atom. The summed E-state index contributed by atoms with van der Waals surface area (Å²) in [6, 6.07) is 4.68. The first-order valence-electron chi connectivity index (χ1n) is 16.4. The summed E-state index contributed by atoms with van der Waals surface area (Å²) >= 11 is 0. The second-order valence-corrected chi connectivity index (χ2v) is 12.6. The summed E-state index contributed by atoms with van der Waals surface area (Å²) in [5.74, 6) is 0.0920. The van der Waals surface area contributed by atoms with Crippen LogP contribution in [0.1, 0.15) is 27.6 Å². The Morgan fingerprint density at radius 3 is 2.93 bits per heavy atom. The Bertz CT molecular complexity index is 2010. The highest BCUT2D eigenvalue weighted by Gasteiger charge is 2.56. The van der Waals surface area contributed by atoms with E-state index in [2.05, 4.69) is 20.9 Å². The molecule has 8 rings (SSSR count). The van der Waals surface area contributed by atoms with E-state index < -0.39 is 54.5 Å². The number of rotatable bonds is 6. The van der Waals surface area contributed by atoms with Crippen molar-refractivity contribution in [1.82, 2.24) is 19.9 Å². The number of hydrogen-bond donors (Lipinski definition) is 1. The van der Waals surface area contributed by atoms with Crippen molar-refractivity contribution in [2.45, 2.75) is 37.0 Å². The minimum absolute atomic E-state index is 0.0914. The molecule has 2 aromatic heterocycles.